The summed E-state index contributed by atoms with van der Waals surface area (Å²) in [6.45, 7) is 0. The van der Waals surface area contributed by atoms with Crippen molar-refractivity contribution < 1.29 is 5.11 Å². The van der Waals surface area contributed by atoms with Crippen LogP contribution in [-0.4, -0.2) is 17.2 Å². The van der Waals surface area contributed by atoms with E-state index in [1.165, 1.54) is 5.01 Å². The highest BCUT2D eigenvalue weighted by Crippen LogP contribution is 2.33. The van der Waals surface area contributed by atoms with Crippen LogP contribution in [-0.2, 0) is 0 Å². The number of rotatable bonds is 5. The molecule has 2 aromatic rings. The van der Waals surface area contributed by atoms with Crippen LogP contribution in [0, 0.1) is 4.91 Å². The molecule has 0 aliphatic rings. The molecule has 0 bridgehead atoms. The Labute approximate surface area is 112 Å². The van der Waals surface area contributed by atoms with E-state index in [1.807, 2.05) is 60.7 Å². The van der Waals surface area contributed by atoms with Gasteiger partial charge in [0, 0.05) is 7.05 Å². The van der Waals surface area contributed by atoms with Crippen LogP contribution in [0.1, 0.15) is 23.3 Å². The third-order valence-corrected chi connectivity index (χ3v) is 3.11. The van der Waals surface area contributed by atoms with Gasteiger partial charge in [-0.25, -0.2) is 0 Å². The molecule has 4 nitrogen and oxygen atoms in total. The summed E-state index contributed by atoms with van der Waals surface area (Å²) >= 11 is 0. The largest absolute Gasteiger partial charge is 0.386 e. The Kier molecular flexibility index (Phi) is 4.26. The summed E-state index contributed by atoms with van der Waals surface area (Å²) in [5.74, 6) is 0. The zero-order chi connectivity index (χ0) is 13.7. The van der Waals surface area contributed by atoms with Crippen molar-refractivity contribution in [2.45, 2.75) is 12.1 Å². The van der Waals surface area contributed by atoms with Crippen molar-refractivity contribution in [2.24, 2.45) is 5.29 Å². The molecule has 2 aromatic carbocycles. The van der Waals surface area contributed by atoms with Gasteiger partial charge in [-0.15, -0.1) is 4.91 Å². The minimum atomic E-state index is -0.814. The number of aliphatic hydroxyl groups is 1. The minimum Gasteiger partial charge on any atom is -0.386 e. The molecule has 0 radical (unpaired) electrons. The van der Waals surface area contributed by atoms with Crippen molar-refractivity contribution in [2.75, 3.05) is 7.05 Å². The average molecular weight is 256 g/mol. The summed E-state index contributed by atoms with van der Waals surface area (Å²) in [5.41, 5.74) is 1.60. The van der Waals surface area contributed by atoms with Crippen LogP contribution >= 0.6 is 0 Å². The van der Waals surface area contributed by atoms with Crippen LogP contribution in [0.15, 0.2) is 65.9 Å². The summed E-state index contributed by atoms with van der Waals surface area (Å²) in [4.78, 5) is 10.8. The zero-order valence-corrected chi connectivity index (χ0v) is 10.7. The first-order valence-electron chi connectivity index (χ1n) is 6.08. The Morgan fingerprint density at radius 1 is 0.947 bits per heavy atom. The van der Waals surface area contributed by atoms with Crippen molar-refractivity contribution in [1.29, 1.82) is 0 Å². The maximum absolute atomic E-state index is 10.8. The number of nitrogens with zero attached hydrogens (tertiary/aromatic N) is 2. The molecule has 98 valence electrons. The Morgan fingerprint density at radius 2 is 1.42 bits per heavy atom. The highest BCUT2D eigenvalue weighted by atomic mass is 16.3. The molecule has 19 heavy (non-hydrogen) atoms. The third kappa shape index (κ3) is 2.98. The van der Waals surface area contributed by atoms with Gasteiger partial charge in [-0.3, -0.25) is 5.01 Å². The van der Waals surface area contributed by atoms with E-state index in [1.54, 1.807) is 7.05 Å². The third-order valence-electron chi connectivity index (χ3n) is 3.11. The number of nitroso groups, excluding NO2 is 1. The molecule has 4 heteroatoms. The lowest BCUT2D eigenvalue weighted by Gasteiger charge is -2.28. The van der Waals surface area contributed by atoms with E-state index in [9.17, 15) is 10.0 Å². The van der Waals surface area contributed by atoms with Crippen LogP contribution < -0.4 is 0 Å². The fourth-order valence-corrected chi connectivity index (χ4v) is 2.14. The number of benzene rings is 2. The first-order valence-corrected chi connectivity index (χ1v) is 6.08. The maximum atomic E-state index is 10.8. The van der Waals surface area contributed by atoms with Gasteiger partial charge < -0.3 is 5.11 Å². The van der Waals surface area contributed by atoms with Crippen LogP contribution in [0.4, 0.5) is 0 Å². The standard InChI is InChI=1S/C15H16N2O2/c1-17(16-19)14(12-8-4-2-5-9-12)15(18)13-10-6-3-7-11-13/h2-11,14-15,18H,1H3/t14-,15-/m1/s1. The van der Waals surface area contributed by atoms with Gasteiger partial charge in [-0.1, -0.05) is 60.7 Å². The second kappa shape index (κ2) is 6.11. The van der Waals surface area contributed by atoms with E-state index in [0.29, 0.717) is 0 Å². The van der Waals surface area contributed by atoms with Gasteiger partial charge in [0.25, 0.3) is 0 Å². The lowest BCUT2D eigenvalue weighted by molar-refractivity contribution is 0.0625. The van der Waals surface area contributed by atoms with E-state index in [2.05, 4.69) is 5.29 Å². The normalized spacial score (nSPS) is 13.6. The van der Waals surface area contributed by atoms with Crippen molar-refractivity contribution in [3.05, 3.63) is 76.7 Å². The van der Waals surface area contributed by atoms with Crippen LogP contribution in [0.5, 0.6) is 0 Å². The smallest absolute Gasteiger partial charge is 0.105 e. The van der Waals surface area contributed by atoms with Gasteiger partial charge in [-0.05, 0) is 11.1 Å². The minimum absolute atomic E-state index is 0.499. The monoisotopic (exact) mass is 256 g/mol. The molecule has 2 rings (SSSR count). The predicted octanol–water partition coefficient (Wildman–Crippen LogP) is 3.07. The molecule has 0 aliphatic heterocycles. The Hall–Kier alpha value is -2.20. The quantitative estimate of drug-likeness (QED) is 0.660. The van der Waals surface area contributed by atoms with Gasteiger partial charge in [0.1, 0.15) is 12.1 Å². The first kappa shape index (κ1) is 13.2. The lowest BCUT2D eigenvalue weighted by atomic mass is 9.95. The zero-order valence-electron chi connectivity index (χ0n) is 10.7. The van der Waals surface area contributed by atoms with Gasteiger partial charge in [-0.2, -0.15) is 0 Å². The molecule has 0 fully saturated rings. The highest BCUT2D eigenvalue weighted by molar-refractivity contribution is 5.26. The molecule has 0 spiro atoms. The molecule has 0 aliphatic carbocycles. The summed E-state index contributed by atoms with van der Waals surface area (Å²) < 4.78 is 0. The molecule has 1 N–H and O–H groups in total. The Balaban J connectivity index is 2.36. The van der Waals surface area contributed by atoms with Gasteiger partial charge in [0.15, 0.2) is 0 Å². The molecular formula is C15H16N2O2. The number of likely N-dealkylation sites (N-methyl/N-ethyl adjacent to an activating group) is 1. The Bertz CT molecular complexity index is 516. The molecule has 0 saturated heterocycles. The number of hydrogen-bond acceptors (Lipinski definition) is 3. The molecule has 2 atom stereocenters. The number of aliphatic hydroxyl groups excluding tert-OH is 1. The number of hydrogen-bond donors (Lipinski definition) is 1. The summed E-state index contributed by atoms with van der Waals surface area (Å²) in [7, 11) is 1.57. The maximum Gasteiger partial charge on any atom is 0.105 e. The van der Waals surface area contributed by atoms with E-state index in [4.69, 9.17) is 0 Å². The van der Waals surface area contributed by atoms with Crippen molar-refractivity contribution in [3.8, 4) is 0 Å². The van der Waals surface area contributed by atoms with Crippen LogP contribution in [0.3, 0.4) is 0 Å². The molecule has 0 amide bonds. The van der Waals surface area contributed by atoms with Gasteiger partial charge in [0.05, 0.1) is 5.29 Å². The summed E-state index contributed by atoms with van der Waals surface area (Å²) in [6.07, 6.45) is -0.814. The Morgan fingerprint density at radius 3 is 1.89 bits per heavy atom. The predicted molar refractivity (Wildman–Crippen MR) is 74.1 cm³/mol. The molecule has 0 saturated carbocycles. The topological polar surface area (TPSA) is 52.9 Å². The van der Waals surface area contributed by atoms with E-state index in [-0.39, 0.29) is 0 Å². The van der Waals surface area contributed by atoms with Gasteiger partial charge in [0.2, 0.25) is 0 Å². The van der Waals surface area contributed by atoms with E-state index < -0.39 is 12.1 Å². The van der Waals surface area contributed by atoms with Gasteiger partial charge >= 0.3 is 0 Å². The van der Waals surface area contributed by atoms with Crippen molar-refractivity contribution >= 4 is 0 Å². The molecule has 0 unspecified atom stereocenters. The average Bonchev–Trinajstić information content (AvgIpc) is 2.49. The summed E-state index contributed by atoms with van der Waals surface area (Å²) in [6, 6.07) is 18.1. The van der Waals surface area contributed by atoms with Crippen LogP contribution in [0.25, 0.3) is 0 Å². The highest BCUT2D eigenvalue weighted by Gasteiger charge is 2.26. The van der Waals surface area contributed by atoms with Crippen molar-refractivity contribution in [1.82, 2.24) is 5.01 Å². The lowest BCUT2D eigenvalue weighted by Crippen LogP contribution is -2.25. The van der Waals surface area contributed by atoms with E-state index >= 15 is 0 Å². The second-order valence-corrected chi connectivity index (χ2v) is 4.37. The summed E-state index contributed by atoms with van der Waals surface area (Å²) in [5, 5.41) is 14.7. The first-order chi connectivity index (χ1) is 9.24. The molecular weight excluding hydrogens is 240 g/mol. The van der Waals surface area contributed by atoms with Crippen LogP contribution in [0.2, 0.25) is 0 Å². The molecule has 0 heterocycles. The molecule has 0 aromatic heterocycles. The fourth-order valence-electron chi connectivity index (χ4n) is 2.14. The second-order valence-electron chi connectivity index (χ2n) is 4.37. The van der Waals surface area contributed by atoms with Crippen molar-refractivity contribution in [3.63, 3.8) is 0 Å². The fraction of sp³-hybridized carbons (Fsp3) is 0.200. The SMILES string of the molecule is CN(N=O)[C@H](c1ccccc1)[C@H](O)c1ccccc1. The van der Waals surface area contributed by atoms with E-state index in [0.717, 1.165) is 11.1 Å².